The number of hydrogen-bond donors (Lipinski definition) is 2. The van der Waals surface area contributed by atoms with Crippen LogP contribution in [0.15, 0.2) is 23.1 Å². The normalized spacial score (nSPS) is 11.6. The second-order valence-electron chi connectivity index (χ2n) is 4.47. The lowest BCUT2D eigenvalue weighted by Crippen LogP contribution is -2.12. The molecule has 0 spiro atoms. The molecule has 4 N–H and O–H groups in total. The van der Waals surface area contributed by atoms with E-state index in [-0.39, 0.29) is 10.6 Å². The van der Waals surface area contributed by atoms with Crippen molar-refractivity contribution in [1.82, 2.24) is 9.78 Å². The summed E-state index contributed by atoms with van der Waals surface area (Å²) in [5.41, 5.74) is 7.61. The molecule has 0 aliphatic carbocycles. The Balaban J connectivity index is 2.48. The number of nitrogen functional groups attached to an aromatic ring is 1. The maximum Gasteiger partial charge on any atom is 0.238 e. The molecule has 1 heterocycles. The number of aromatic nitrogens is 2. The largest absolute Gasteiger partial charge is 0.451 e. The van der Waals surface area contributed by atoms with E-state index in [4.69, 9.17) is 15.6 Å². The zero-order valence-electron chi connectivity index (χ0n) is 11.4. The standard InChI is InChI=1S/C12H16N4O3S/c1-7-12(8(2)16(3)15-7)19-11-6-9(20(14,17)18)4-5-10(11)13/h4-6H,13H2,1-3H3,(H2,14,17,18). The first-order chi connectivity index (χ1) is 9.20. The zero-order valence-corrected chi connectivity index (χ0v) is 12.2. The third kappa shape index (κ3) is 2.61. The number of ether oxygens (including phenoxy) is 1. The second-order valence-corrected chi connectivity index (χ2v) is 6.03. The summed E-state index contributed by atoms with van der Waals surface area (Å²) in [6.07, 6.45) is 0. The highest BCUT2D eigenvalue weighted by atomic mass is 32.2. The number of nitrogens with two attached hydrogens (primary N) is 2. The average Bonchev–Trinajstić information content (AvgIpc) is 2.57. The Kier molecular flexibility index (Phi) is 3.45. The third-order valence-corrected chi connectivity index (χ3v) is 3.88. The predicted octanol–water partition coefficient (Wildman–Crippen LogP) is 1.06. The van der Waals surface area contributed by atoms with Gasteiger partial charge in [0.15, 0.2) is 11.5 Å². The molecule has 0 atom stereocenters. The fourth-order valence-electron chi connectivity index (χ4n) is 1.79. The van der Waals surface area contributed by atoms with E-state index in [0.29, 0.717) is 17.1 Å². The summed E-state index contributed by atoms with van der Waals surface area (Å²) in [5.74, 6) is 0.779. The molecule has 7 nitrogen and oxygen atoms in total. The molecule has 0 unspecified atom stereocenters. The fourth-order valence-corrected chi connectivity index (χ4v) is 2.32. The zero-order chi connectivity index (χ0) is 15.1. The monoisotopic (exact) mass is 296 g/mol. The number of nitrogens with zero attached hydrogens (tertiary/aromatic N) is 2. The van der Waals surface area contributed by atoms with Gasteiger partial charge in [-0.2, -0.15) is 5.10 Å². The van der Waals surface area contributed by atoms with Crippen LogP contribution in [0.5, 0.6) is 11.5 Å². The molecular formula is C12H16N4O3S. The van der Waals surface area contributed by atoms with Gasteiger partial charge in [-0.3, -0.25) is 4.68 Å². The number of primary sulfonamides is 1. The van der Waals surface area contributed by atoms with Crippen molar-refractivity contribution in [3.8, 4) is 11.5 Å². The summed E-state index contributed by atoms with van der Waals surface area (Å²) >= 11 is 0. The van der Waals surface area contributed by atoms with Crippen molar-refractivity contribution >= 4 is 15.7 Å². The minimum atomic E-state index is -3.81. The van der Waals surface area contributed by atoms with Crippen LogP contribution in [0, 0.1) is 13.8 Å². The van der Waals surface area contributed by atoms with Crippen LogP contribution in [0.25, 0.3) is 0 Å². The van der Waals surface area contributed by atoms with Crippen molar-refractivity contribution in [2.45, 2.75) is 18.7 Å². The lowest BCUT2D eigenvalue weighted by Gasteiger charge is -2.10. The van der Waals surface area contributed by atoms with Crippen molar-refractivity contribution < 1.29 is 13.2 Å². The van der Waals surface area contributed by atoms with Crippen LogP contribution in [0.3, 0.4) is 0 Å². The van der Waals surface area contributed by atoms with Gasteiger partial charge in [-0.05, 0) is 26.0 Å². The number of anilines is 1. The lowest BCUT2D eigenvalue weighted by atomic mass is 10.3. The van der Waals surface area contributed by atoms with Crippen molar-refractivity contribution in [3.05, 3.63) is 29.6 Å². The highest BCUT2D eigenvalue weighted by molar-refractivity contribution is 7.89. The molecule has 2 rings (SSSR count). The highest BCUT2D eigenvalue weighted by Gasteiger charge is 2.16. The first-order valence-electron chi connectivity index (χ1n) is 5.80. The lowest BCUT2D eigenvalue weighted by molar-refractivity contribution is 0.474. The number of rotatable bonds is 3. The molecule has 0 aliphatic heterocycles. The second kappa shape index (κ2) is 4.80. The topological polar surface area (TPSA) is 113 Å². The van der Waals surface area contributed by atoms with Crippen LogP contribution in [-0.4, -0.2) is 18.2 Å². The Morgan fingerprint density at radius 3 is 2.45 bits per heavy atom. The number of sulfonamides is 1. The molecule has 2 aromatic rings. The van der Waals surface area contributed by atoms with Crippen LogP contribution < -0.4 is 15.6 Å². The summed E-state index contributed by atoms with van der Waals surface area (Å²) in [7, 11) is -2.01. The molecule has 0 radical (unpaired) electrons. The van der Waals surface area contributed by atoms with E-state index >= 15 is 0 Å². The van der Waals surface area contributed by atoms with E-state index in [2.05, 4.69) is 5.10 Å². The van der Waals surface area contributed by atoms with Crippen molar-refractivity contribution in [2.24, 2.45) is 12.2 Å². The number of hydrogen-bond acceptors (Lipinski definition) is 5. The Bertz CT molecular complexity index is 765. The molecule has 108 valence electrons. The Morgan fingerprint density at radius 2 is 1.95 bits per heavy atom. The quantitative estimate of drug-likeness (QED) is 0.822. The maximum absolute atomic E-state index is 11.4. The van der Waals surface area contributed by atoms with Crippen LogP contribution in [0.4, 0.5) is 5.69 Å². The number of aryl methyl sites for hydroxylation is 2. The minimum Gasteiger partial charge on any atom is -0.451 e. The van der Waals surface area contributed by atoms with E-state index in [0.717, 1.165) is 5.69 Å². The molecule has 0 fully saturated rings. The van der Waals surface area contributed by atoms with Gasteiger partial charge < -0.3 is 10.5 Å². The average molecular weight is 296 g/mol. The van der Waals surface area contributed by atoms with Crippen LogP contribution in [-0.2, 0) is 17.1 Å². The Morgan fingerprint density at radius 1 is 1.30 bits per heavy atom. The van der Waals surface area contributed by atoms with E-state index in [9.17, 15) is 8.42 Å². The predicted molar refractivity (Wildman–Crippen MR) is 75.0 cm³/mol. The van der Waals surface area contributed by atoms with E-state index in [1.165, 1.54) is 18.2 Å². The molecule has 1 aromatic heterocycles. The fraction of sp³-hybridized carbons (Fsp3) is 0.250. The van der Waals surface area contributed by atoms with E-state index < -0.39 is 10.0 Å². The Hall–Kier alpha value is -2.06. The maximum atomic E-state index is 11.4. The van der Waals surface area contributed by atoms with Gasteiger partial charge in [-0.15, -0.1) is 0 Å². The highest BCUT2D eigenvalue weighted by Crippen LogP contribution is 2.33. The first-order valence-corrected chi connectivity index (χ1v) is 7.35. The van der Waals surface area contributed by atoms with Gasteiger partial charge >= 0.3 is 0 Å². The van der Waals surface area contributed by atoms with Crippen molar-refractivity contribution in [1.29, 1.82) is 0 Å². The molecule has 1 aromatic carbocycles. The van der Waals surface area contributed by atoms with E-state index in [1.54, 1.807) is 18.7 Å². The molecule has 0 aliphatic rings. The Labute approximate surface area is 117 Å². The molecule has 0 amide bonds. The van der Waals surface area contributed by atoms with Gasteiger partial charge in [0, 0.05) is 13.1 Å². The molecule has 0 saturated heterocycles. The number of benzene rings is 1. The molecule has 20 heavy (non-hydrogen) atoms. The van der Waals surface area contributed by atoms with Gasteiger partial charge in [-0.1, -0.05) is 0 Å². The van der Waals surface area contributed by atoms with E-state index in [1.807, 2.05) is 6.92 Å². The van der Waals surface area contributed by atoms with Gasteiger partial charge in [0.05, 0.1) is 16.3 Å². The molecule has 0 saturated carbocycles. The first kappa shape index (κ1) is 14.4. The van der Waals surface area contributed by atoms with Crippen molar-refractivity contribution in [2.75, 3.05) is 5.73 Å². The molecule has 0 bridgehead atoms. The smallest absolute Gasteiger partial charge is 0.238 e. The van der Waals surface area contributed by atoms with Crippen LogP contribution in [0.1, 0.15) is 11.4 Å². The summed E-state index contributed by atoms with van der Waals surface area (Å²) in [6.45, 7) is 3.64. The van der Waals surface area contributed by atoms with Gasteiger partial charge in [-0.25, -0.2) is 13.6 Å². The summed E-state index contributed by atoms with van der Waals surface area (Å²) in [4.78, 5) is -0.0547. The van der Waals surface area contributed by atoms with Gasteiger partial charge in [0.25, 0.3) is 0 Å². The van der Waals surface area contributed by atoms with Crippen molar-refractivity contribution in [3.63, 3.8) is 0 Å². The SMILES string of the molecule is Cc1nn(C)c(C)c1Oc1cc(S(N)(=O)=O)ccc1N. The molecular weight excluding hydrogens is 280 g/mol. The van der Waals surface area contributed by atoms with Crippen LogP contribution >= 0.6 is 0 Å². The minimum absolute atomic E-state index is 0.0547. The summed E-state index contributed by atoms with van der Waals surface area (Å²) in [5, 5.41) is 9.31. The van der Waals surface area contributed by atoms with Gasteiger partial charge in [0.1, 0.15) is 5.69 Å². The summed E-state index contributed by atoms with van der Waals surface area (Å²) in [6, 6.07) is 4.08. The summed E-state index contributed by atoms with van der Waals surface area (Å²) < 4.78 is 30.1. The van der Waals surface area contributed by atoms with Gasteiger partial charge in [0.2, 0.25) is 10.0 Å². The van der Waals surface area contributed by atoms with Crippen LogP contribution in [0.2, 0.25) is 0 Å². The third-order valence-electron chi connectivity index (χ3n) is 2.97. The molecule has 8 heteroatoms.